The fourth-order valence-electron chi connectivity index (χ4n) is 2.76. The SMILES string of the molecule is O=C(c1cc2ccccc2o1)N(Cc1ccccc1)C1CC1. The Morgan fingerprint density at radius 1 is 1.05 bits per heavy atom. The van der Waals surface area contributed by atoms with Crippen LogP contribution in [0.4, 0.5) is 0 Å². The monoisotopic (exact) mass is 291 g/mol. The van der Waals surface area contributed by atoms with Gasteiger partial charge in [0.1, 0.15) is 5.58 Å². The van der Waals surface area contributed by atoms with Crippen LogP contribution >= 0.6 is 0 Å². The molecule has 0 unspecified atom stereocenters. The van der Waals surface area contributed by atoms with E-state index in [9.17, 15) is 4.79 Å². The molecule has 0 spiro atoms. The van der Waals surface area contributed by atoms with E-state index in [4.69, 9.17) is 4.42 Å². The predicted molar refractivity (Wildman–Crippen MR) is 85.6 cm³/mol. The number of furan rings is 1. The number of carbonyl (C=O) groups excluding carboxylic acids is 1. The van der Waals surface area contributed by atoms with Crippen LogP contribution in [0.5, 0.6) is 0 Å². The molecule has 0 radical (unpaired) electrons. The lowest BCUT2D eigenvalue weighted by Gasteiger charge is -2.21. The second kappa shape index (κ2) is 5.34. The maximum Gasteiger partial charge on any atom is 0.290 e. The lowest BCUT2D eigenvalue weighted by molar-refractivity contribution is 0.0700. The summed E-state index contributed by atoms with van der Waals surface area (Å²) in [5.74, 6) is 0.423. The lowest BCUT2D eigenvalue weighted by atomic mass is 10.2. The van der Waals surface area contributed by atoms with Gasteiger partial charge in [0.15, 0.2) is 5.76 Å². The quantitative estimate of drug-likeness (QED) is 0.720. The van der Waals surface area contributed by atoms with Crippen LogP contribution in [0.2, 0.25) is 0 Å². The maximum absolute atomic E-state index is 12.8. The number of hydrogen-bond acceptors (Lipinski definition) is 2. The van der Waals surface area contributed by atoms with Crippen LogP contribution in [0.1, 0.15) is 29.0 Å². The molecule has 4 rings (SSSR count). The first-order valence-electron chi connectivity index (χ1n) is 7.65. The van der Waals surface area contributed by atoms with E-state index in [0.717, 1.165) is 29.4 Å². The molecular weight excluding hydrogens is 274 g/mol. The van der Waals surface area contributed by atoms with Gasteiger partial charge in [-0.3, -0.25) is 4.79 Å². The Morgan fingerprint density at radius 3 is 2.50 bits per heavy atom. The molecule has 1 aliphatic carbocycles. The van der Waals surface area contributed by atoms with Gasteiger partial charge in [0.25, 0.3) is 5.91 Å². The third kappa shape index (κ3) is 2.50. The largest absolute Gasteiger partial charge is 0.451 e. The van der Waals surface area contributed by atoms with Gasteiger partial charge in [-0.05, 0) is 30.5 Å². The number of hydrogen-bond donors (Lipinski definition) is 0. The summed E-state index contributed by atoms with van der Waals surface area (Å²) in [5, 5.41) is 0.973. The Labute approximate surface area is 129 Å². The van der Waals surface area contributed by atoms with Crippen molar-refractivity contribution in [2.24, 2.45) is 0 Å². The van der Waals surface area contributed by atoms with Crippen molar-refractivity contribution in [3.8, 4) is 0 Å². The molecule has 1 fully saturated rings. The first kappa shape index (κ1) is 13.1. The maximum atomic E-state index is 12.8. The minimum Gasteiger partial charge on any atom is -0.451 e. The van der Waals surface area contributed by atoms with E-state index in [1.165, 1.54) is 0 Å². The van der Waals surface area contributed by atoms with Crippen molar-refractivity contribution in [3.05, 3.63) is 72.0 Å². The zero-order valence-corrected chi connectivity index (χ0v) is 12.2. The van der Waals surface area contributed by atoms with E-state index in [-0.39, 0.29) is 5.91 Å². The van der Waals surface area contributed by atoms with E-state index < -0.39 is 0 Å². The van der Waals surface area contributed by atoms with E-state index in [1.807, 2.05) is 53.4 Å². The molecule has 1 heterocycles. The molecule has 1 amide bonds. The first-order valence-corrected chi connectivity index (χ1v) is 7.65. The van der Waals surface area contributed by atoms with Crippen molar-refractivity contribution in [2.45, 2.75) is 25.4 Å². The van der Waals surface area contributed by atoms with Crippen molar-refractivity contribution < 1.29 is 9.21 Å². The van der Waals surface area contributed by atoms with Crippen molar-refractivity contribution >= 4 is 16.9 Å². The van der Waals surface area contributed by atoms with Gasteiger partial charge in [0, 0.05) is 18.0 Å². The fourth-order valence-corrected chi connectivity index (χ4v) is 2.76. The summed E-state index contributed by atoms with van der Waals surface area (Å²) < 4.78 is 5.74. The number of carbonyl (C=O) groups is 1. The third-order valence-corrected chi connectivity index (χ3v) is 4.08. The minimum atomic E-state index is -0.0115. The highest BCUT2D eigenvalue weighted by molar-refractivity contribution is 5.96. The molecule has 0 bridgehead atoms. The number of fused-ring (bicyclic) bond motifs is 1. The molecule has 1 aromatic heterocycles. The molecule has 1 saturated carbocycles. The molecule has 110 valence electrons. The summed E-state index contributed by atoms with van der Waals surface area (Å²) in [6.07, 6.45) is 2.16. The van der Waals surface area contributed by atoms with Gasteiger partial charge in [0.05, 0.1) is 0 Å². The van der Waals surface area contributed by atoms with Crippen LogP contribution in [0, 0.1) is 0 Å². The highest BCUT2D eigenvalue weighted by Crippen LogP contribution is 2.31. The van der Waals surface area contributed by atoms with Gasteiger partial charge >= 0.3 is 0 Å². The summed E-state index contributed by atoms with van der Waals surface area (Å²) >= 11 is 0. The first-order chi connectivity index (χ1) is 10.8. The number of nitrogens with zero attached hydrogens (tertiary/aromatic N) is 1. The van der Waals surface area contributed by atoms with E-state index in [1.54, 1.807) is 0 Å². The zero-order valence-electron chi connectivity index (χ0n) is 12.2. The Hall–Kier alpha value is -2.55. The fraction of sp³-hybridized carbons (Fsp3) is 0.211. The highest BCUT2D eigenvalue weighted by atomic mass is 16.3. The van der Waals surface area contributed by atoms with Crippen LogP contribution in [0.3, 0.4) is 0 Å². The summed E-state index contributed by atoms with van der Waals surface area (Å²) in [4.78, 5) is 14.8. The van der Waals surface area contributed by atoms with E-state index in [0.29, 0.717) is 18.3 Å². The van der Waals surface area contributed by atoms with Crippen LogP contribution < -0.4 is 0 Å². The number of amides is 1. The van der Waals surface area contributed by atoms with Gasteiger partial charge < -0.3 is 9.32 Å². The lowest BCUT2D eigenvalue weighted by Crippen LogP contribution is -2.32. The van der Waals surface area contributed by atoms with Crippen LogP contribution in [-0.2, 0) is 6.54 Å². The number of rotatable bonds is 4. The summed E-state index contributed by atoms with van der Waals surface area (Å²) in [6.45, 7) is 0.640. The Kier molecular flexibility index (Phi) is 3.19. The molecule has 0 aliphatic heterocycles. The predicted octanol–water partition coefficient (Wildman–Crippen LogP) is 4.24. The van der Waals surface area contributed by atoms with Crippen LogP contribution in [0.25, 0.3) is 11.0 Å². The van der Waals surface area contributed by atoms with Gasteiger partial charge in [-0.2, -0.15) is 0 Å². The zero-order chi connectivity index (χ0) is 14.9. The molecule has 22 heavy (non-hydrogen) atoms. The topological polar surface area (TPSA) is 33.5 Å². The summed E-state index contributed by atoms with van der Waals surface area (Å²) in [6, 6.07) is 20.0. The number of benzene rings is 2. The average molecular weight is 291 g/mol. The van der Waals surface area contributed by atoms with Crippen molar-refractivity contribution in [1.82, 2.24) is 4.90 Å². The molecule has 3 aromatic rings. The summed E-state index contributed by atoms with van der Waals surface area (Å²) in [7, 11) is 0. The van der Waals surface area contributed by atoms with E-state index in [2.05, 4.69) is 12.1 Å². The van der Waals surface area contributed by atoms with Gasteiger partial charge in [-0.15, -0.1) is 0 Å². The normalized spacial score (nSPS) is 14.2. The Morgan fingerprint density at radius 2 is 1.77 bits per heavy atom. The average Bonchev–Trinajstić information content (AvgIpc) is 3.30. The Balaban J connectivity index is 1.63. The molecule has 0 N–H and O–H groups in total. The molecule has 1 aliphatic rings. The van der Waals surface area contributed by atoms with Crippen molar-refractivity contribution in [1.29, 1.82) is 0 Å². The van der Waals surface area contributed by atoms with Gasteiger partial charge in [0.2, 0.25) is 0 Å². The minimum absolute atomic E-state index is 0.0115. The molecule has 0 saturated heterocycles. The second-order valence-corrected chi connectivity index (χ2v) is 5.80. The van der Waals surface area contributed by atoms with Gasteiger partial charge in [-0.1, -0.05) is 48.5 Å². The third-order valence-electron chi connectivity index (χ3n) is 4.08. The molecule has 3 nitrogen and oxygen atoms in total. The standard InChI is InChI=1S/C19H17NO2/c21-19(18-12-15-8-4-5-9-17(15)22-18)20(16-10-11-16)13-14-6-2-1-3-7-14/h1-9,12,16H,10-11,13H2. The second-order valence-electron chi connectivity index (χ2n) is 5.80. The van der Waals surface area contributed by atoms with E-state index >= 15 is 0 Å². The van der Waals surface area contributed by atoms with Crippen molar-refractivity contribution in [3.63, 3.8) is 0 Å². The summed E-state index contributed by atoms with van der Waals surface area (Å²) in [5.41, 5.74) is 1.92. The smallest absolute Gasteiger partial charge is 0.290 e. The highest BCUT2D eigenvalue weighted by Gasteiger charge is 2.34. The molecular formula is C19H17NO2. The number of para-hydroxylation sites is 1. The Bertz CT molecular complexity index is 769. The van der Waals surface area contributed by atoms with Gasteiger partial charge in [-0.25, -0.2) is 0 Å². The van der Waals surface area contributed by atoms with Crippen LogP contribution in [0.15, 0.2) is 65.1 Å². The molecule has 3 heteroatoms. The molecule has 0 atom stereocenters. The molecule has 2 aromatic carbocycles. The van der Waals surface area contributed by atoms with Crippen molar-refractivity contribution in [2.75, 3.05) is 0 Å². The van der Waals surface area contributed by atoms with Crippen LogP contribution in [-0.4, -0.2) is 16.8 Å².